The Morgan fingerprint density at radius 1 is 1.00 bits per heavy atom. The van der Waals surface area contributed by atoms with Gasteiger partial charge in [0.05, 0.1) is 40.1 Å². The number of ether oxygens (including phenoxy) is 1. The Morgan fingerprint density at radius 3 is 2.33 bits per heavy atom. The summed E-state index contributed by atoms with van der Waals surface area (Å²) in [7, 11) is 0. The van der Waals surface area contributed by atoms with Crippen LogP contribution in [0.25, 0.3) is 27.9 Å². The number of aromatic nitrogens is 2. The van der Waals surface area contributed by atoms with Crippen LogP contribution in [0, 0.1) is 12.7 Å². The largest absolute Gasteiger partial charge is 0.458 e. The van der Waals surface area contributed by atoms with E-state index in [0.717, 1.165) is 27.6 Å². The molecule has 9 nitrogen and oxygen atoms in total. The molecule has 0 spiro atoms. The van der Waals surface area contributed by atoms with Crippen LogP contribution in [-0.4, -0.2) is 43.9 Å². The van der Waals surface area contributed by atoms with E-state index in [1.165, 1.54) is 17.4 Å². The minimum absolute atomic E-state index is 0.198. The Balaban J connectivity index is 0.000000762. The maximum Gasteiger partial charge on any atom is 0.340 e. The van der Waals surface area contributed by atoms with Gasteiger partial charge >= 0.3 is 5.97 Å². The number of hydrogen-bond donors (Lipinski definition) is 1. The zero-order chi connectivity index (χ0) is 34.4. The molecule has 2 aromatic heterocycles. The summed E-state index contributed by atoms with van der Waals surface area (Å²) in [6.07, 6.45) is 3.32. The van der Waals surface area contributed by atoms with E-state index in [-0.39, 0.29) is 54.0 Å². The minimum Gasteiger partial charge on any atom is -0.458 e. The number of pyridine rings is 2. The zero-order valence-electron chi connectivity index (χ0n) is 27.8. The molecule has 0 radical (unpaired) electrons. The second kappa shape index (κ2) is 12.9. The smallest absolute Gasteiger partial charge is 0.340 e. The van der Waals surface area contributed by atoms with Crippen LogP contribution in [0.3, 0.4) is 0 Å². The van der Waals surface area contributed by atoms with Crippen molar-refractivity contribution < 1.29 is 28.6 Å². The molecule has 0 bridgehead atoms. The lowest BCUT2D eigenvalue weighted by molar-refractivity contribution is -0.157. The first-order valence-corrected chi connectivity index (χ1v) is 16.6. The third-order valence-corrected chi connectivity index (χ3v) is 9.16. The molecule has 8 rings (SSSR count). The van der Waals surface area contributed by atoms with Crippen LogP contribution in [0.4, 0.5) is 4.39 Å². The van der Waals surface area contributed by atoms with Gasteiger partial charge in [0.2, 0.25) is 0 Å². The Bertz CT molecular complexity index is 2080. The van der Waals surface area contributed by atoms with Gasteiger partial charge in [-0.05, 0) is 66.6 Å². The van der Waals surface area contributed by atoms with Gasteiger partial charge in [0.1, 0.15) is 12.4 Å². The molecule has 5 heterocycles. The van der Waals surface area contributed by atoms with Gasteiger partial charge in [0.15, 0.2) is 6.10 Å². The highest BCUT2D eigenvalue weighted by Crippen LogP contribution is 2.45. The van der Waals surface area contributed by atoms with Crippen LogP contribution < -0.4 is 5.56 Å². The number of aryl methyl sites for hydroxylation is 1. The molecular weight excluding hydrogens is 613 g/mol. The molecule has 10 heteroatoms. The Morgan fingerprint density at radius 2 is 1.67 bits per heavy atom. The molecule has 48 heavy (non-hydrogen) atoms. The number of allylic oxidation sites excluding steroid dienone is 1. The Labute approximate surface area is 277 Å². The lowest BCUT2D eigenvalue weighted by Crippen LogP contribution is -2.32. The number of fused-ring (bicyclic) bond motifs is 6. The number of nitrogens with zero attached hydrogens (tertiary/aromatic N) is 3. The number of carbonyl (C=O) groups is 3. The second-order valence-electron chi connectivity index (χ2n) is 12.1. The van der Waals surface area contributed by atoms with Crippen molar-refractivity contribution in [3.8, 4) is 11.4 Å². The molecular formula is C38H38FN3O6. The fraction of sp³-hybridized carbons (Fsp3) is 0.342. The van der Waals surface area contributed by atoms with Gasteiger partial charge in [-0.2, -0.15) is 0 Å². The summed E-state index contributed by atoms with van der Waals surface area (Å²) in [5.74, 6) is -1.80. The van der Waals surface area contributed by atoms with E-state index < -0.39 is 12.1 Å². The number of halogens is 1. The standard InChI is InChI=1S/C33H24FN3O6.C3H8.C2H6/c1-15-17-9-8-16(5-4-10-36-30(39)18-6-2-3-7-19(18)31(36)40)26-21-13-37-25(28(21)35-24(27(17)26)12-23(15)34)11-20-22(32(37)41)14-43-33(42)29(20)38;1-3-2;1-2/h2-3,5-7,11-12,29,38H,4,8-10,13-14H2,1H3;3H2,1-2H3;1-2H3/b16-5+;;. The molecule has 0 fully saturated rings. The number of amides is 2. The number of esters is 1. The molecule has 1 atom stereocenters. The van der Waals surface area contributed by atoms with Crippen molar-refractivity contribution in [2.45, 2.75) is 79.6 Å². The van der Waals surface area contributed by atoms with Crippen molar-refractivity contribution in [3.63, 3.8) is 0 Å². The highest BCUT2D eigenvalue weighted by atomic mass is 19.1. The van der Waals surface area contributed by atoms with Crippen LogP contribution in [0.5, 0.6) is 0 Å². The third kappa shape index (κ3) is 5.06. The molecule has 248 valence electrons. The highest BCUT2D eigenvalue weighted by molar-refractivity contribution is 6.21. The number of imide groups is 1. The van der Waals surface area contributed by atoms with E-state index in [0.29, 0.717) is 52.9 Å². The summed E-state index contributed by atoms with van der Waals surface area (Å²) in [4.78, 5) is 57.5. The number of rotatable bonds is 3. The summed E-state index contributed by atoms with van der Waals surface area (Å²) in [5, 5.41) is 11.3. The summed E-state index contributed by atoms with van der Waals surface area (Å²) in [6, 6.07) is 9.80. The normalized spacial score (nSPS) is 17.6. The van der Waals surface area contributed by atoms with Crippen molar-refractivity contribution in [1.82, 2.24) is 14.5 Å². The predicted molar refractivity (Wildman–Crippen MR) is 180 cm³/mol. The van der Waals surface area contributed by atoms with Gasteiger partial charge in [-0.15, -0.1) is 0 Å². The molecule has 2 amide bonds. The summed E-state index contributed by atoms with van der Waals surface area (Å²) in [6.45, 7) is 10.2. The summed E-state index contributed by atoms with van der Waals surface area (Å²) in [5.41, 5.74) is 6.33. The average molecular weight is 652 g/mol. The van der Waals surface area contributed by atoms with Gasteiger partial charge in [0, 0.05) is 29.1 Å². The first-order valence-electron chi connectivity index (χ1n) is 16.6. The topological polar surface area (TPSA) is 119 Å². The number of carbonyl (C=O) groups excluding carboxylic acids is 3. The van der Waals surface area contributed by atoms with Crippen molar-refractivity contribution >= 4 is 34.3 Å². The van der Waals surface area contributed by atoms with Gasteiger partial charge in [-0.3, -0.25) is 19.3 Å². The number of aliphatic hydroxyl groups excluding tert-OH is 1. The molecule has 1 unspecified atom stereocenters. The number of benzene rings is 2. The van der Waals surface area contributed by atoms with E-state index in [1.54, 1.807) is 41.8 Å². The lowest BCUT2D eigenvalue weighted by atomic mass is 9.81. The minimum atomic E-state index is -1.57. The molecule has 3 aliphatic heterocycles. The fourth-order valence-electron chi connectivity index (χ4n) is 7.00. The maximum absolute atomic E-state index is 15.1. The van der Waals surface area contributed by atoms with Gasteiger partial charge in [-0.25, -0.2) is 14.2 Å². The van der Waals surface area contributed by atoms with Crippen LogP contribution in [-0.2, 0) is 29.1 Å². The third-order valence-electron chi connectivity index (χ3n) is 9.16. The number of cyclic esters (lactones) is 1. The zero-order valence-corrected chi connectivity index (χ0v) is 27.8. The first-order chi connectivity index (χ1) is 23.2. The van der Waals surface area contributed by atoms with Crippen LogP contribution in [0.15, 0.2) is 47.3 Å². The maximum atomic E-state index is 15.1. The number of aliphatic hydroxyl groups is 1. The molecule has 4 aromatic rings. The van der Waals surface area contributed by atoms with E-state index >= 15 is 4.39 Å². The van der Waals surface area contributed by atoms with Crippen molar-refractivity contribution in [2.24, 2.45) is 0 Å². The van der Waals surface area contributed by atoms with Crippen LogP contribution >= 0.6 is 0 Å². The van der Waals surface area contributed by atoms with E-state index in [9.17, 15) is 24.3 Å². The second-order valence-corrected chi connectivity index (χ2v) is 12.1. The van der Waals surface area contributed by atoms with Crippen LogP contribution in [0.2, 0.25) is 0 Å². The van der Waals surface area contributed by atoms with Gasteiger partial charge in [-0.1, -0.05) is 52.3 Å². The molecule has 0 saturated heterocycles. The molecule has 2 aromatic carbocycles. The summed E-state index contributed by atoms with van der Waals surface area (Å²) >= 11 is 0. The van der Waals surface area contributed by atoms with E-state index in [2.05, 4.69) is 13.8 Å². The molecule has 1 N–H and O–H groups in total. The van der Waals surface area contributed by atoms with Crippen molar-refractivity contribution in [3.05, 3.63) is 103 Å². The molecule has 0 saturated carbocycles. The number of hydrogen-bond acceptors (Lipinski definition) is 7. The predicted octanol–water partition coefficient (Wildman–Crippen LogP) is 6.42. The van der Waals surface area contributed by atoms with E-state index in [4.69, 9.17) is 9.72 Å². The lowest BCUT2D eigenvalue weighted by Gasteiger charge is -2.25. The molecule has 4 aliphatic rings. The first kappa shape index (κ1) is 33.0. The average Bonchev–Trinajstić information content (AvgIpc) is 3.58. The van der Waals surface area contributed by atoms with Gasteiger partial charge < -0.3 is 14.4 Å². The van der Waals surface area contributed by atoms with Gasteiger partial charge in [0.25, 0.3) is 17.4 Å². The molecule has 1 aliphatic carbocycles. The Hall–Kier alpha value is -4.96. The van der Waals surface area contributed by atoms with Crippen molar-refractivity contribution in [2.75, 3.05) is 6.54 Å². The quantitative estimate of drug-likeness (QED) is 0.177. The monoisotopic (exact) mass is 651 g/mol. The fourth-order valence-corrected chi connectivity index (χ4v) is 7.00. The van der Waals surface area contributed by atoms with Crippen molar-refractivity contribution in [1.29, 1.82) is 0 Å². The van der Waals surface area contributed by atoms with Crippen LogP contribution in [0.1, 0.15) is 107 Å². The summed E-state index contributed by atoms with van der Waals surface area (Å²) < 4.78 is 21.7. The Kier molecular flexibility index (Phi) is 8.87. The SMILES string of the molecule is CC.CCC.Cc1c(F)cc2nc3c(c4c2c1CC/C4=C\CCN1C(=O)c2ccccc2C1=O)Cn1c-3cc2c(c1=O)COC(=O)C2O. The highest BCUT2D eigenvalue weighted by Gasteiger charge is 2.37. The van der Waals surface area contributed by atoms with E-state index in [1.807, 2.05) is 19.9 Å².